The molecule has 0 heterocycles. The van der Waals surface area contributed by atoms with Gasteiger partial charge in [0.05, 0.1) is 10.6 Å². The Hall–Kier alpha value is -1.38. The van der Waals surface area contributed by atoms with E-state index in [0.29, 0.717) is 18.4 Å². The average molecular weight is 242 g/mol. The van der Waals surface area contributed by atoms with Crippen molar-refractivity contribution in [1.29, 1.82) is 0 Å². The third-order valence-electron chi connectivity index (χ3n) is 2.99. The Morgan fingerprint density at radius 1 is 1.50 bits per heavy atom. The van der Waals surface area contributed by atoms with E-state index in [1.807, 2.05) is 0 Å². The van der Waals surface area contributed by atoms with Crippen LogP contribution in [0.5, 0.6) is 5.75 Å². The quantitative estimate of drug-likeness (QED) is 0.639. The average Bonchev–Trinajstić information content (AvgIpc) is 2.19. The Kier molecular flexibility index (Phi) is 2.70. The molecule has 1 aliphatic carbocycles. The number of hydrogen-bond donors (Lipinski definition) is 1. The molecule has 0 bridgehead atoms. The summed E-state index contributed by atoms with van der Waals surface area (Å²) in [6, 6.07) is 2.61. The molecule has 1 saturated carbocycles. The smallest absolute Gasteiger partial charge is 0.235 e. The first-order valence-corrected chi connectivity index (χ1v) is 5.24. The van der Waals surface area contributed by atoms with Crippen LogP contribution in [0.2, 0.25) is 5.02 Å². The first-order valence-electron chi connectivity index (χ1n) is 4.86. The number of hydrogen-bond acceptors (Lipinski definition) is 3. The maximum Gasteiger partial charge on any atom is 0.235 e. The molecule has 0 spiro atoms. The van der Waals surface area contributed by atoms with Crippen LogP contribution >= 0.6 is 11.6 Å². The van der Waals surface area contributed by atoms with Gasteiger partial charge < -0.3 is 5.11 Å². The number of rotatable bonds is 2. The Balaban J connectivity index is 2.51. The molecule has 1 N–H and O–H groups in total. The maximum atomic E-state index is 13.3. The molecule has 0 amide bonds. The second kappa shape index (κ2) is 3.89. The SMILES string of the molecule is O=C=NC1(c2cc(F)c(O)c(Cl)c2)CCC1. The predicted molar refractivity (Wildman–Crippen MR) is 56.7 cm³/mol. The number of phenolic OH excluding ortho intramolecular Hbond substituents is 1. The molecule has 84 valence electrons. The topological polar surface area (TPSA) is 49.7 Å². The Labute approximate surface area is 96.6 Å². The summed E-state index contributed by atoms with van der Waals surface area (Å²) in [6.45, 7) is 0. The van der Waals surface area contributed by atoms with E-state index in [2.05, 4.69) is 4.99 Å². The second-order valence-electron chi connectivity index (χ2n) is 3.88. The highest BCUT2D eigenvalue weighted by molar-refractivity contribution is 6.32. The van der Waals surface area contributed by atoms with Gasteiger partial charge in [-0.2, -0.15) is 4.99 Å². The maximum absolute atomic E-state index is 13.3. The van der Waals surface area contributed by atoms with Gasteiger partial charge in [0.1, 0.15) is 0 Å². The monoisotopic (exact) mass is 241 g/mol. The van der Waals surface area contributed by atoms with Gasteiger partial charge in [-0.15, -0.1) is 0 Å². The lowest BCUT2D eigenvalue weighted by molar-refractivity contribution is 0.254. The van der Waals surface area contributed by atoms with Crippen molar-refractivity contribution in [2.24, 2.45) is 4.99 Å². The number of halogens is 2. The lowest BCUT2D eigenvalue weighted by Gasteiger charge is -2.37. The molecule has 1 fully saturated rings. The van der Waals surface area contributed by atoms with Crippen LogP contribution in [0.4, 0.5) is 4.39 Å². The summed E-state index contributed by atoms with van der Waals surface area (Å²) in [5.74, 6) is -1.37. The van der Waals surface area contributed by atoms with Gasteiger partial charge in [-0.3, -0.25) is 0 Å². The molecular formula is C11H9ClFNO2. The minimum atomic E-state index is -0.796. The highest BCUT2D eigenvalue weighted by Crippen LogP contribution is 2.46. The molecule has 1 aromatic carbocycles. The van der Waals surface area contributed by atoms with Crippen molar-refractivity contribution < 1.29 is 14.3 Å². The molecule has 16 heavy (non-hydrogen) atoms. The van der Waals surface area contributed by atoms with Crippen molar-refractivity contribution in [2.75, 3.05) is 0 Å². The summed E-state index contributed by atoms with van der Waals surface area (Å²) in [7, 11) is 0. The number of carbonyl (C=O) groups excluding carboxylic acids is 1. The minimum absolute atomic E-state index is 0.0672. The lowest BCUT2D eigenvalue weighted by Crippen LogP contribution is -2.32. The van der Waals surface area contributed by atoms with Crippen molar-refractivity contribution >= 4 is 17.7 Å². The second-order valence-corrected chi connectivity index (χ2v) is 4.28. The Morgan fingerprint density at radius 2 is 2.19 bits per heavy atom. The molecule has 5 heteroatoms. The van der Waals surface area contributed by atoms with E-state index in [-0.39, 0.29) is 5.02 Å². The predicted octanol–water partition coefficient (Wildman–Crippen LogP) is 2.90. The summed E-state index contributed by atoms with van der Waals surface area (Å²) < 4.78 is 13.3. The first kappa shape index (κ1) is 11.1. The summed E-state index contributed by atoms with van der Waals surface area (Å²) in [6.07, 6.45) is 3.77. The number of phenols is 1. The summed E-state index contributed by atoms with van der Waals surface area (Å²) in [5.41, 5.74) is -0.178. The zero-order valence-electron chi connectivity index (χ0n) is 8.33. The van der Waals surface area contributed by atoms with Gasteiger partial charge in [0.25, 0.3) is 0 Å². The van der Waals surface area contributed by atoms with Crippen molar-refractivity contribution in [3.63, 3.8) is 0 Å². The van der Waals surface area contributed by atoms with Crippen LogP contribution in [0.25, 0.3) is 0 Å². The van der Waals surface area contributed by atoms with Gasteiger partial charge in [0.2, 0.25) is 6.08 Å². The fourth-order valence-electron chi connectivity index (χ4n) is 1.90. The zero-order valence-corrected chi connectivity index (χ0v) is 9.09. The molecule has 0 saturated heterocycles. The van der Waals surface area contributed by atoms with E-state index in [1.54, 1.807) is 0 Å². The highest BCUT2D eigenvalue weighted by atomic mass is 35.5. The largest absolute Gasteiger partial charge is 0.504 e. The minimum Gasteiger partial charge on any atom is -0.504 e. The molecule has 0 atom stereocenters. The van der Waals surface area contributed by atoms with Crippen LogP contribution in [0.15, 0.2) is 17.1 Å². The van der Waals surface area contributed by atoms with Gasteiger partial charge in [-0.1, -0.05) is 11.6 Å². The van der Waals surface area contributed by atoms with Crippen LogP contribution in [-0.4, -0.2) is 11.2 Å². The molecular weight excluding hydrogens is 233 g/mol. The van der Waals surface area contributed by atoms with E-state index in [0.717, 1.165) is 6.42 Å². The third-order valence-corrected chi connectivity index (χ3v) is 3.28. The molecule has 0 radical (unpaired) electrons. The molecule has 3 nitrogen and oxygen atoms in total. The summed E-state index contributed by atoms with van der Waals surface area (Å²) in [5, 5.41) is 9.13. The van der Waals surface area contributed by atoms with Gasteiger partial charge in [-0.25, -0.2) is 9.18 Å². The number of aliphatic imine (C=N–C) groups is 1. The van der Waals surface area contributed by atoms with Crippen molar-refractivity contribution in [3.8, 4) is 5.75 Å². The normalized spacial score (nSPS) is 17.4. The Bertz CT molecular complexity index is 456. The van der Waals surface area contributed by atoms with Gasteiger partial charge in [0.15, 0.2) is 11.6 Å². The molecule has 0 aromatic heterocycles. The number of aromatic hydroxyl groups is 1. The van der Waals surface area contributed by atoms with Crippen LogP contribution in [0.3, 0.4) is 0 Å². The fourth-order valence-corrected chi connectivity index (χ4v) is 2.11. The zero-order chi connectivity index (χ0) is 11.8. The van der Waals surface area contributed by atoms with E-state index in [9.17, 15) is 14.3 Å². The standard InChI is InChI=1S/C11H9ClFNO2/c12-8-4-7(5-9(13)10(8)16)11(14-6-15)2-1-3-11/h4-5,16H,1-3H2. The summed E-state index contributed by atoms with van der Waals surface area (Å²) >= 11 is 5.68. The Morgan fingerprint density at radius 3 is 2.62 bits per heavy atom. The lowest BCUT2D eigenvalue weighted by atomic mass is 9.72. The number of isocyanates is 1. The van der Waals surface area contributed by atoms with E-state index < -0.39 is 17.1 Å². The highest BCUT2D eigenvalue weighted by Gasteiger charge is 2.39. The van der Waals surface area contributed by atoms with Crippen LogP contribution in [-0.2, 0) is 10.3 Å². The molecule has 0 aliphatic heterocycles. The van der Waals surface area contributed by atoms with Crippen LogP contribution in [0.1, 0.15) is 24.8 Å². The van der Waals surface area contributed by atoms with Gasteiger partial charge in [0, 0.05) is 0 Å². The van der Waals surface area contributed by atoms with Gasteiger partial charge in [-0.05, 0) is 37.0 Å². The molecule has 1 aromatic rings. The van der Waals surface area contributed by atoms with E-state index in [4.69, 9.17) is 11.6 Å². The van der Waals surface area contributed by atoms with Crippen molar-refractivity contribution in [1.82, 2.24) is 0 Å². The van der Waals surface area contributed by atoms with Crippen LogP contribution < -0.4 is 0 Å². The first-order chi connectivity index (χ1) is 7.59. The van der Waals surface area contributed by atoms with E-state index in [1.165, 1.54) is 18.2 Å². The molecule has 2 rings (SSSR count). The number of benzene rings is 1. The molecule has 0 unspecified atom stereocenters. The summed E-state index contributed by atoms with van der Waals surface area (Å²) in [4.78, 5) is 14.1. The number of nitrogens with zero attached hydrogens (tertiary/aromatic N) is 1. The molecule has 1 aliphatic rings. The van der Waals surface area contributed by atoms with Crippen LogP contribution in [0, 0.1) is 5.82 Å². The van der Waals surface area contributed by atoms with Crippen molar-refractivity contribution in [2.45, 2.75) is 24.8 Å². The van der Waals surface area contributed by atoms with Gasteiger partial charge >= 0.3 is 0 Å². The van der Waals surface area contributed by atoms with Crippen molar-refractivity contribution in [3.05, 3.63) is 28.5 Å². The van der Waals surface area contributed by atoms with E-state index >= 15 is 0 Å². The fraction of sp³-hybridized carbons (Fsp3) is 0.364. The third kappa shape index (κ3) is 1.60.